The van der Waals surface area contributed by atoms with Crippen LogP contribution in [0.4, 0.5) is 0 Å². The second kappa shape index (κ2) is 62.5. The number of aryl methyl sites for hydroxylation is 2. The first kappa shape index (κ1) is 105. The van der Waals surface area contributed by atoms with Gasteiger partial charge in [-0.25, -0.2) is 19.2 Å². The molecule has 698 valence electrons. The zero-order valence-corrected chi connectivity index (χ0v) is 76.4. The van der Waals surface area contributed by atoms with Gasteiger partial charge in [0.1, 0.15) is 51.1 Å². The first-order chi connectivity index (χ1) is 63.7. The molecule has 0 aliphatic heterocycles. The van der Waals surface area contributed by atoms with Crippen LogP contribution < -0.4 is 9.47 Å². The van der Waals surface area contributed by atoms with Crippen LogP contribution in [0.5, 0.6) is 11.5 Å². The van der Waals surface area contributed by atoms with E-state index < -0.39 is 23.9 Å². The summed E-state index contributed by atoms with van der Waals surface area (Å²) in [6.45, 7) is 18.5. The second-order valence-corrected chi connectivity index (χ2v) is 28.7. The van der Waals surface area contributed by atoms with Crippen molar-refractivity contribution in [2.45, 2.75) is 27.7 Å². The SMILES string of the molecule is COCCOCCOCCOC(=O)c1ccc(C)c(C#Cc2cc(C(=O)OCCOCCOCCOC)cc(C#Cc3ccc4c(-c5c(OCCOCCOCCOC)ccc6cc(C#Cc7cc(C(=O)OCCOCCOCCOC)cc(C#Cc8cc(C(=O)OCCOCCOCCOC)ccc8C)c7C)ccc56)c(OCCOCCOCCOC)ccc4c3)c2C)c1. The van der Waals surface area contributed by atoms with E-state index in [1.165, 1.54) is 0 Å². The Hall–Kier alpha value is -10.7. The van der Waals surface area contributed by atoms with Gasteiger partial charge in [-0.1, -0.05) is 83.8 Å². The molecule has 0 fully saturated rings. The summed E-state index contributed by atoms with van der Waals surface area (Å²) in [5.41, 5.74) is 9.89. The smallest absolute Gasteiger partial charge is 0.338 e. The van der Waals surface area contributed by atoms with E-state index in [9.17, 15) is 19.2 Å². The maximum absolute atomic E-state index is 14.1. The van der Waals surface area contributed by atoms with Crippen LogP contribution in [0.25, 0.3) is 32.7 Å². The van der Waals surface area contributed by atoms with Gasteiger partial charge in [-0.2, -0.15) is 0 Å². The summed E-state index contributed by atoms with van der Waals surface area (Å²) >= 11 is 0. The molecule has 0 heterocycles. The summed E-state index contributed by atoms with van der Waals surface area (Å²) in [5.74, 6) is 25.4. The molecule has 0 atom stereocenters. The van der Waals surface area contributed by atoms with Crippen LogP contribution in [0.3, 0.4) is 0 Å². The average molecular weight is 1800 g/mol. The van der Waals surface area contributed by atoms with Crippen LogP contribution in [0.2, 0.25) is 0 Å². The van der Waals surface area contributed by atoms with E-state index in [1.54, 1.807) is 103 Å². The van der Waals surface area contributed by atoms with Gasteiger partial charge in [0.05, 0.1) is 220 Å². The van der Waals surface area contributed by atoms with Crippen LogP contribution in [-0.2, 0) is 104 Å². The number of hydrogen-bond donors (Lipinski definition) is 0. The topological polar surface area (TPSA) is 290 Å². The van der Waals surface area contributed by atoms with Crippen LogP contribution in [0.15, 0.2) is 121 Å². The normalized spacial score (nSPS) is 11.0. The summed E-state index contributed by atoms with van der Waals surface area (Å²) in [4.78, 5) is 54.8. The number of hydrogen-bond acceptors (Lipinski definition) is 28. The molecule has 8 aromatic rings. The Labute approximate surface area is 763 Å². The van der Waals surface area contributed by atoms with Gasteiger partial charge in [-0.05, 0) is 156 Å². The molecule has 0 saturated carbocycles. The second-order valence-electron chi connectivity index (χ2n) is 28.7. The molecule has 8 rings (SSSR count). The Morgan fingerprint density at radius 1 is 0.223 bits per heavy atom. The Bertz CT molecular complexity index is 4780. The molecule has 28 nitrogen and oxygen atoms in total. The maximum Gasteiger partial charge on any atom is 0.338 e. The quantitative estimate of drug-likeness (QED) is 0.0148. The summed E-state index contributed by atoms with van der Waals surface area (Å²) in [7, 11) is 9.64. The van der Waals surface area contributed by atoms with Gasteiger partial charge in [-0.15, -0.1) is 0 Å². The fraction of sp³-hybridized carbons (Fsp3) is 0.451. The largest absolute Gasteiger partial charge is 0.491 e. The van der Waals surface area contributed by atoms with E-state index in [2.05, 4.69) is 47.4 Å². The number of methoxy groups -OCH3 is 6. The van der Waals surface area contributed by atoms with Crippen molar-refractivity contribution in [3.05, 3.63) is 210 Å². The van der Waals surface area contributed by atoms with Gasteiger partial charge in [0, 0.05) is 98.3 Å². The fourth-order valence-corrected chi connectivity index (χ4v) is 12.3. The molecule has 0 radical (unpaired) electrons. The number of fused-ring (bicyclic) bond motifs is 2. The molecule has 0 spiro atoms. The molecule has 0 amide bonds. The molecule has 8 aromatic carbocycles. The lowest BCUT2D eigenvalue weighted by atomic mass is 9.91. The van der Waals surface area contributed by atoms with Gasteiger partial charge in [0.2, 0.25) is 0 Å². The first-order valence-corrected chi connectivity index (χ1v) is 43.2. The molecule has 0 unspecified atom stereocenters. The van der Waals surface area contributed by atoms with Crippen molar-refractivity contribution in [2.75, 3.05) is 281 Å². The van der Waals surface area contributed by atoms with E-state index in [0.29, 0.717) is 248 Å². The summed E-state index contributed by atoms with van der Waals surface area (Å²) in [5, 5.41) is 3.19. The maximum atomic E-state index is 14.1. The third-order valence-corrected chi connectivity index (χ3v) is 19.4. The number of carbonyl (C=O) groups is 4. The zero-order chi connectivity index (χ0) is 92.4. The predicted molar refractivity (Wildman–Crippen MR) is 489 cm³/mol. The molecule has 0 aromatic heterocycles. The molecule has 0 saturated heterocycles. The summed E-state index contributed by atoms with van der Waals surface area (Å²) < 4.78 is 135. The molecule has 0 bridgehead atoms. The van der Waals surface area contributed by atoms with Crippen LogP contribution >= 0.6 is 0 Å². The highest BCUT2D eigenvalue weighted by Gasteiger charge is 2.23. The van der Waals surface area contributed by atoms with Crippen molar-refractivity contribution in [1.29, 1.82) is 0 Å². The van der Waals surface area contributed by atoms with Gasteiger partial charge in [0.15, 0.2) is 0 Å². The Morgan fingerprint density at radius 3 is 0.731 bits per heavy atom. The van der Waals surface area contributed by atoms with Crippen LogP contribution in [-0.4, -0.2) is 304 Å². The highest BCUT2D eigenvalue weighted by atomic mass is 16.6. The highest BCUT2D eigenvalue weighted by molar-refractivity contribution is 6.10. The molecular formula is C102H122O28. The van der Waals surface area contributed by atoms with E-state index in [1.807, 2.05) is 88.4 Å². The summed E-state index contributed by atoms with van der Waals surface area (Å²) in [6.07, 6.45) is 0. The van der Waals surface area contributed by atoms with Crippen molar-refractivity contribution in [3.8, 4) is 70.0 Å². The van der Waals surface area contributed by atoms with E-state index in [4.69, 9.17) is 114 Å². The van der Waals surface area contributed by atoms with Crippen molar-refractivity contribution in [2.24, 2.45) is 0 Å². The molecular weight excluding hydrogens is 1670 g/mol. The lowest BCUT2D eigenvalue weighted by Crippen LogP contribution is -2.14. The molecule has 0 aliphatic rings. The Balaban J connectivity index is 1.18. The minimum absolute atomic E-state index is 0.0320. The third kappa shape index (κ3) is 37.6. The van der Waals surface area contributed by atoms with Crippen LogP contribution in [0.1, 0.15) is 108 Å². The number of esters is 4. The van der Waals surface area contributed by atoms with Gasteiger partial charge in [-0.3, -0.25) is 0 Å². The Morgan fingerprint density at radius 2 is 0.454 bits per heavy atom. The van der Waals surface area contributed by atoms with E-state index in [0.717, 1.165) is 32.7 Å². The molecule has 0 aliphatic carbocycles. The highest BCUT2D eigenvalue weighted by Crippen LogP contribution is 2.46. The van der Waals surface area contributed by atoms with Crippen molar-refractivity contribution < 1.29 is 133 Å². The number of benzene rings is 8. The minimum atomic E-state index is -0.612. The average Bonchev–Trinajstić information content (AvgIpc) is 0.746. The zero-order valence-electron chi connectivity index (χ0n) is 76.4. The third-order valence-electron chi connectivity index (χ3n) is 19.4. The molecule has 0 N–H and O–H groups in total. The molecule has 130 heavy (non-hydrogen) atoms. The van der Waals surface area contributed by atoms with Crippen LogP contribution in [0, 0.1) is 75.1 Å². The van der Waals surface area contributed by atoms with Gasteiger partial charge < -0.3 is 114 Å². The van der Waals surface area contributed by atoms with Crippen molar-refractivity contribution in [1.82, 2.24) is 0 Å². The lowest BCUT2D eigenvalue weighted by Gasteiger charge is -2.20. The monoisotopic (exact) mass is 1790 g/mol. The first-order valence-electron chi connectivity index (χ1n) is 43.2. The minimum Gasteiger partial charge on any atom is -0.491 e. The number of ether oxygens (including phenoxy) is 24. The lowest BCUT2D eigenvalue weighted by molar-refractivity contribution is 0.00552. The number of rotatable bonds is 61. The van der Waals surface area contributed by atoms with Gasteiger partial charge >= 0.3 is 23.9 Å². The predicted octanol–water partition coefficient (Wildman–Crippen LogP) is 12.0. The van der Waals surface area contributed by atoms with Crippen molar-refractivity contribution >= 4 is 45.4 Å². The van der Waals surface area contributed by atoms with E-state index in [-0.39, 0.29) is 90.4 Å². The number of carbonyl (C=O) groups excluding carboxylic acids is 4. The Kier molecular flexibility index (Phi) is 50.3. The van der Waals surface area contributed by atoms with Gasteiger partial charge in [0.25, 0.3) is 0 Å². The summed E-state index contributed by atoms with van der Waals surface area (Å²) in [6, 6.07) is 36.7. The van der Waals surface area contributed by atoms with E-state index >= 15 is 0 Å². The fourth-order valence-electron chi connectivity index (χ4n) is 12.3. The van der Waals surface area contributed by atoms with Crippen molar-refractivity contribution in [3.63, 3.8) is 0 Å². The standard InChI is InChI=1S/C102H122O28/c1-75-11-17-89(99(103)127-63-57-121-51-45-115-39-33-109-7)69-81(75)21-23-85-73-91(101(105)129-65-59-123-53-47-117-41-35-111-9)71-83(77(85)3)19-13-79-15-27-93-87(67-79)25-29-95(125-61-55-119-49-43-113-37-31-107-5)97(93)98-94-28-16-80(68-88(94)26-30-96(98)126-62-56-120-50-44-114-38-32-108-6)14-20-84-72-92(102(106)130-66-60-124-54-48-118-42-36-112-10)74-86(78(84)4)24-22-82-70-90(18-12-76(82)2)100(104)128-64-58-122-52-46-116-40-34-110-8/h11-12,15-18,25-30,67-74H,31-66H2,1-10H3. The molecule has 28 heteroatoms.